The van der Waals surface area contributed by atoms with Crippen LogP contribution < -0.4 is 10.6 Å². The zero-order valence-electron chi connectivity index (χ0n) is 13.3. The maximum atomic E-state index is 12.0. The van der Waals surface area contributed by atoms with Crippen LogP contribution >= 0.6 is 11.3 Å². The molecular formula is C17H21N3O2S. The highest BCUT2D eigenvalue weighted by molar-refractivity contribution is 7.14. The average Bonchev–Trinajstić information content (AvgIpc) is 3.00. The summed E-state index contributed by atoms with van der Waals surface area (Å²) in [5.74, 6) is -0.238. The zero-order chi connectivity index (χ0) is 16.7. The highest BCUT2D eigenvalue weighted by atomic mass is 32.1. The number of amides is 2. The molecule has 0 aliphatic carbocycles. The highest BCUT2D eigenvalue weighted by Crippen LogP contribution is 2.17. The first kappa shape index (κ1) is 17.1. The van der Waals surface area contributed by atoms with E-state index in [-0.39, 0.29) is 24.3 Å². The Hall–Kier alpha value is -2.21. The summed E-state index contributed by atoms with van der Waals surface area (Å²) in [6, 6.07) is 9.17. The number of anilines is 1. The van der Waals surface area contributed by atoms with Crippen LogP contribution in [-0.4, -0.2) is 22.8 Å². The molecule has 0 unspecified atom stereocenters. The van der Waals surface area contributed by atoms with Crippen molar-refractivity contribution in [2.24, 2.45) is 0 Å². The van der Waals surface area contributed by atoms with Crippen molar-refractivity contribution in [2.75, 3.05) is 5.32 Å². The molecule has 0 bridgehead atoms. The van der Waals surface area contributed by atoms with E-state index in [0.717, 1.165) is 12.8 Å². The van der Waals surface area contributed by atoms with Crippen LogP contribution in [0.25, 0.3) is 0 Å². The quantitative estimate of drug-likeness (QED) is 0.818. The van der Waals surface area contributed by atoms with Crippen LogP contribution in [0, 0.1) is 0 Å². The molecular weight excluding hydrogens is 310 g/mol. The third-order valence-electron chi connectivity index (χ3n) is 3.50. The molecule has 0 spiro atoms. The fourth-order valence-corrected chi connectivity index (χ4v) is 2.85. The van der Waals surface area contributed by atoms with Gasteiger partial charge in [0.1, 0.15) is 0 Å². The van der Waals surface area contributed by atoms with Crippen LogP contribution in [-0.2, 0) is 11.2 Å². The summed E-state index contributed by atoms with van der Waals surface area (Å²) in [4.78, 5) is 28.3. The predicted octanol–water partition coefficient (Wildman–Crippen LogP) is 3.24. The molecule has 0 aliphatic rings. The predicted molar refractivity (Wildman–Crippen MR) is 92.7 cm³/mol. The Morgan fingerprint density at radius 3 is 2.52 bits per heavy atom. The number of thiazole rings is 1. The van der Waals surface area contributed by atoms with Gasteiger partial charge in [0, 0.05) is 17.0 Å². The number of carbonyl (C=O) groups is 2. The van der Waals surface area contributed by atoms with Gasteiger partial charge in [0.05, 0.1) is 12.1 Å². The van der Waals surface area contributed by atoms with E-state index in [4.69, 9.17) is 0 Å². The summed E-state index contributed by atoms with van der Waals surface area (Å²) in [6.45, 7) is 4.10. The van der Waals surface area contributed by atoms with E-state index >= 15 is 0 Å². The monoisotopic (exact) mass is 331 g/mol. The SMILES string of the molecule is CCC(CC)NC(=O)Cc1csc(NC(=O)c2ccccc2)n1. The summed E-state index contributed by atoms with van der Waals surface area (Å²) >= 11 is 1.32. The average molecular weight is 331 g/mol. The van der Waals surface area contributed by atoms with E-state index in [1.54, 1.807) is 17.5 Å². The molecule has 0 fully saturated rings. The second-order valence-electron chi connectivity index (χ2n) is 5.22. The van der Waals surface area contributed by atoms with Gasteiger partial charge in [0.2, 0.25) is 5.91 Å². The maximum absolute atomic E-state index is 12.0. The summed E-state index contributed by atoms with van der Waals surface area (Å²) in [5.41, 5.74) is 1.25. The minimum Gasteiger partial charge on any atom is -0.353 e. The normalized spacial score (nSPS) is 10.6. The van der Waals surface area contributed by atoms with Crippen molar-refractivity contribution < 1.29 is 9.59 Å². The van der Waals surface area contributed by atoms with E-state index in [0.29, 0.717) is 16.4 Å². The van der Waals surface area contributed by atoms with Crippen molar-refractivity contribution in [1.82, 2.24) is 10.3 Å². The molecule has 1 aromatic carbocycles. The Labute approximate surface area is 140 Å². The van der Waals surface area contributed by atoms with Gasteiger partial charge in [-0.1, -0.05) is 32.0 Å². The third kappa shape index (κ3) is 5.17. The Bertz CT molecular complexity index is 651. The number of aromatic nitrogens is 1. The first-order valence-corrected chi connectivity index (χ1v) is 8.60. The smallest absolute Gasteiger partial charge is 0.257 e. The lowest BCUT2D eigenvalue weighted by atomic mass is 10.1. The molecule has 0 saturated carbocycles. The van der Waals surface area contributed by atoms with Gasteiger partial charge in [-0.15, -0.1) is 11.3 Å². The second kappa shape index (κ2) is 8.43. The molecule has 2 aromatic rings. The number of benzene rings is 1. The standard InChI is InChI=1S/C17H21N3O2S/c1-3-13(4-2)18-15(21)10-14-11-23-17(19-14)20-16(22)12-8-6-5-7-9-12/h5-9,11,13H,3-4,10H2,1-2H3,(H,18,21)(H,19,20,22). The molecule has 0 saturated heterocycles. The molecule has 0 atom stereocenters. The maximum Gasteiger partial charge on any atom is 0.257 e. The number of nitrogens with one attached hydrogen (secondary N) is 2. The Morgan fingerprint density at radius 1 is 1.17 bits per heavy atom. The van der Waals surface area contributed by atoms with E-state index in [1.807, 2.05) is 18.2 Å². The summed E-state index contributed by atoms with van der Waals surface area (Å²) in [7, 11) is 0. The van der Waals surface area contributed by atoms with Crippen molar-refractivity contribution in [3.8, 4) is 0 Å². The lowest BCUT2D eigenvalue weighted by molar-refractivity contribution is -0.121. The van der Waals surface area contributed by atoms with Crippen LogP contribution in [0.2, 0.25) is 0 Å². The number of carbonyl (C=O) groups excluding carboxylic acids is 2. The molecule has 2 N–H and O–H groups in total. The van der Waals surface area contributed by atoms with Gasteiger partial charge in [0.15, 0.2) is 5.13 Å². The Morgan fingerprint density at radius 2 is 1.87 bits per heavy atom. The molecule has 0 aliphatic heterocycles. The number of rotatable bonds is 7. The number of hydrogen-bond donors (Lipinski definition) is 2. The molecule has 2 rings (SSSR count). The van der Waals surface area contributed by atoms with Crippen molar-refractivity contribution in [3.05, 3.63) is 47.0 Å². The van der Waals surface area contributed by atoms with Crippen molar-refractivity contribution >= 4 is 28.3 Å². The topological polar surface area (TPSA) is 71.1 Å². The van der Waals surface area contributed by atoms with Crippen molar-refractivity contribution in [3.63, 3.8) is 0 Å². The van der Waals surface area contributed by atoms with Crippen LogP contribution in [0.1, 0.15) is 42.7 Å². The van der Waals surface area contributed by atoms with Crippen LogP contribution in [0.3, 0.4) is 0 Å². The van der Waals surface area contributed by atoms with Crippen LogP contribution in [0.4, 0.5) is 5.13 Å². The van der Waals surface area contributed by atoms with Crippen molar-refractivity contribution in [1.29, 1.82) is 0 Å². The molecule has 122 valence electrons. The minimum atomic E-state index is -0.201. The molecule has 23 heavy (non-hydrogen) atoms. The first-order chi connectivity index (χ1) is 11.1. The van der Waals surface area contributed by atoms with Gasteiger partial charge >= 0.3 is 0 Å². The van der Waals surface area contributed by atoms with Crippen LogP contribution in [0.5, 0.6) is 0 Å². The highest BCUT2D eigenvalue weighted by Gasteiger charge is 2.13. The van der Waals surface area contributed by atoms with Crippen molar-refractivity contribution in [2.45, 2.75) is 39.2 Å². The number of hydrogen-bond acceptors (Lipinski definition) is 4. The third-order valence-corrected chi connectivity index (χ3v) is 4.31. The van der Waals surface area contributed by atoms with E-state index < -0.39 is 0 Å². The Balaban J connectivity index is 1.90. The van der Waals surface area contributed by atoms with Gasteiger partial charge < -0.3 is 5.32 Å². The van der Waals surface area contributed by atoms with E-state index in [2.05, 4.69) is 29.5 Å². The van der Waals surface area contributed by atoms with E-state index in [9.17, 15) is 9.59 Å². The molecule has 5 nitrogen and oxygen atoms in total. The summed E-state index contributed by atoms with van der Waals surface area (Å²) < 4.78 is 0. The van der Waals surface area contributed by atoms with E-state index in [1.165, 1.54) is 11.3 Å². The van der Waals surface area contributed by atoms with Gasteiger partial charge in [-0.2, -0.15) is 0 Å². The van der Waals surface area contributed by atoms with Gasteiger partial charge in [-0.05, 0) is 25.0 Å². The number of nitrogens with zero attached hydrogens (tertiary/aromatic N) is 1. The molecule has 6 heteroatoms. The Kier molecular flexibility index (Phi) is 6.29. The summed E-state index contributed by atoms with van der Waals surface area (Å²) in [6.07, 6.45) is 2.06. The molecule has 1 aromatic heterocycles. The largest absolute Gasteiger partial charge is 0.353 e. The van der Waals surface area contributed by atoms with Gasteiger partial charge in [-0.3, -0.25) is 14.9 Å². The molecule has 2 amide bonds. The summed E-state index contributed by atoms with van der Waals surface area (Å²) in [5, 5.41) is 8.03. The fraction of sp³-hybridized carbons (Fsp3) is 0.353. The second-order valence-corrected chi connectivity index (χ2v) is 6.08. The first-order valence-electron chi connectivity index (χ1n) is 7.72. The lowest BCUT2D eigenvalue weighted by Gasteiger charge is -2.13. The van der Waals surface area contributed by atoms with Gasteiger partial charge in [0.25, 0.3) is 5.91 Å². The zero-order valence-corrected chi connectivity index (χ0v) is 14.2. The van der Waals surface area contributed by atoms with Crippen LogP contribution in [0.15, 0.2) is 35.7 Å². The molecule has 0 radical (unpaired) electrons. The fourth-order valence-electron chi connectivity index (χ4n) is 2.14. The van der Waals surface area contributed by atoms with Gasteiger partial charge in [-0.25, -0.2) is 4.98 Å². The molecule has 1 heterocycles. The lowest BCUT2D eigenvalue weighted by Crippen LogP contribution is -2.34. The minimum absolute atomic E-state index is 0.0371.